The van der Waals surface area contributed by atoms with Crippen molar-refractivity contribution in [1.29, 1.82) is 0 Å². The molecule has 6 nitrogen and oxygen atoms in total. The number of aryl methyl sites for hydroxylation is 1. The van der Waals surface area contributed by atoms with Crippen LogP contribution in [0.25, 0.3) is 0 Å². The summed E-state index contributed by atoms with van der Waals surface area (Å²) in [6, 6.07) is 0. The number of fused-ring (bicyclic) bond motifs is 1. The summed E-state index contributed by atoms with van der Waals surface area (Å²) in [4.78, 5) is 17.9. The van der Waals surface area contributed by atoms with Gasteiger partial charge in [-0.1, -0.05) is 0 Å². The molecule has 128 valence electrons. The Kier molecular flexibility index (Phi) is 5.41. The summed E-state index contributed by atoms with van der Waals surface area (Å²) in [7, 11) is 0. The Morgan fingerprint density at radius 2 is 2.26 bits per heavy atom. The van der Waals surface area contributed by atoms with Crippen LogP contribution in [0, 0.1) is 5.82 Å². The number of nitrogens with zero attached hydrogens (tertiary/aromatic N) is 2. The minimum absolute atomic E-state index is 0.101. The number of aliphatic hydroxyl groups excluding tert-OH is 1. The van der Waals surface area contributed by atoms with Gasteiger partial charge in [-0.2, -0.15) is 0 Å². The molecule has 0 aliphatic carbocycles. The summed E-state index contributed by atoms with van der Waals surface area (Å²) >= 11 is 0. The molecular formula is C16H24FN3O3. The van der Waals surface area contributed by atoms with Crippen molar-refractivity contribution in [2.45, 2.75) is 45.8 Å². The van der Waals surface area contributed by atoms with Crippen LogP contribution in [0.3, 0.4) is 0 Å². The lowest BCUT2D eigenvalue weighted by molar-refractivity contribution is 0.0235. The molecule has 7 heteroatoms. The number of pyridine rings is 1. The molecule has 0 atom stereocenters. The zero-order valence-electron chi connectivity index (χ0n) is 13.9. The van der Waals surface area contributed by atoms with Crippen LogP contribution in [-0.4, -0.2) is 46.4 Å². The van der Waals surface area contributed by atoms with Crippen LogP contribution in [0.2, 0.25) is 0 Å². The Balaban J connectivity index is 2.22. The van der Waals surface area contributed by atoms with Crippen LogP contribution in [-0.2, 0) is 17.7 Å². The summed E-state index contributed by atoms with van der Waals surface area (Å²) in [5.41, 5.74) is 0.684. The molecule has 2 heterocycles. The minimum Gasteiger partial charge on any atom is -0.444 e. The third-order valence-electron chi connectivity index (χ3n) is 3.49. The van der Waals surface area contributed by atoms with E-state index in [-0.39, 0.29) is 25.5 Å². The number of nitrogens with one attached hydrogen (secondary N) is 1. The van der Waals surface area contributed by atoms with Crippen molar-refractivity contribution in [3.05, 3.63) is 23.1 Å². The smallest absolute Gasteiger partial charge is 0.410 e. The van der Waals surface area contributed by atoms with Crippen LogP contribution in [0.1, 0.15) is 38.3 Å². The molecule has 1 aliphatic rings. The van der Waals surface area contributed by atoms with Crippen molar-refractivity contribution in [2.24, 2.45) is 0 Å². The number of amides is 1. The molecule has 23 heavy (non-hydrogen) atoms. The quantitative estimate of drug-likeness (QED) is 0.892. The second-order valence-electron chi connectivity index (χ2n) is 6.58. The highest BCUT2D eigenvalue weighted by atomic mass is 19.1. The van der Waals surface area contributed by atoms with Crippen LogP contribution in [0.5, 0.6) is 0 Å². The molecule has 2 N–H and O–H groups in total. The fraction of sp³-hybridized carbons (Fsp3) is 0.625. The topological polar surface area (TPSA) is 74.7 Å². The monoisotopic (exact) mass is 325 g/mol. The Labute approximate surface area is 135 Å². The van der Waals surface area contributed by atoms with Gasteiger partial charge >= 0.3 is 6.09 Å². The largest absolute Gasteiger partial charge is 0.444 e. The van der Waals surface area contributed by atoms with Gasteiger partial charge in [0.25, 0.3) is 0 Å². The predicted molar refractivity (Wildman–Crippen MR) is 84.7 cm³/mol. The van der Waals surface area contributed by atoms with Crippen LogP contribution in [0.4, 0.5) is 15.0 Å². The first-order chi connectivity index (χ1) is 10.8. The zero-order chi connectivity index (χ0) is 17.0. The summed E-state index contributed by atoms with van der Waals surface area (Å²) in [6.07, 6.45) is 2.60. The molecular weight excluding hydrogens is 301 g/mol. The number of hydrogen-bond acceptors (Lipinski definition) is 5. The molecule has 1 amide bonds. The summed E-state index contributed by atoms with van der Waals surface area (Å²) in [5.74, 6) is -0.366. The third kappa shape index (κ3) is 4.54. The van der Waals surface area contributed by atoms with Crippen LogP contribution < -0.4 is 5.32 Å². The second kappa shape index (κ2) is 7.12. The van der Waals surface area contributed by atoms with Crippen molar-refractivity contribution < 1.29 is 19.0 Å². The van der Waals surface area contributed by atoms with Crippen molar-refractivity contribution in [1.82, 2.24) is 9.88 Å². The van der Waals surface area contributed by atoms with Gasteiger partial charge in [0.1, 0.15) is 5.60 Å². The Morgan fingerprint density at radius 1 is 1.52 bits per heavy atom. The molecule has 0 saturated heterocycles. The molecule has 2 rings (SSSR count). The summed E-state index contributed by atoms with van der Waals surface area (Å²) in [6.45, 7) is 6.20. The summed E-state index contributed by atoms with van der Waals surface area (Å²) < 4.78 is 20.0. The molecule has 1 aliphatic heterocycles. The molecule has 0 saturated carbocycles. The van der Waals surface area contributed by atoms with Crippen LogP contribution >= 0.6 is 0 Å². The van der Waals surface area contributed by atoms with Crippen molar-refractivity contribution >= 4 is 11.9 Å². The molecule has 0 radical (unpaired) electrons. The molecule has 0 fully saturated rings. The van der Waals surface area contributed by atoms with E-state index in [0.717, 1.165) is 12.0 Å². The zero-order valence-corrected chi connectivity index (χ0v) is 13.9. The maximum Gasteiger partial charge on any atom is 0.410 e. The molecule has 0 aromatic carbocycles. The average Bonchev–Trinajstić information content (AvgIpc) is 2.68. The maximum absolute atomic E-state index is 14.6. The first kappa shape index (κ1) is 17.5. The molecule has 0 unspecified atom stereocenters. The number of aromatic nitrogens is 1. The molecule has 1 aromatic heterocycles. The fourth-order valence-corrected chi connectivity index (χ4v) is 2.46. The number of hydrogen-bond donors (Lipinski definition) is 2. The van der Waals surface area contributed by atoms with Gasteiger partial charge in [-0.05, 0) is 39.2 Å². The number of anilines is 1. The minimum atomic E-state index is -0.586. The average molecular weight is 325 g/mol. The lowest BCUT2D eigenvalue weighted by atomic mass is 10.1. The Bertz CT molecular complexity index is 572. The Morgan fingerprint density at radius 3 is 2.91 bits per heavy atom. The standard InChI is InChI=1S/C16H24FN3O3/c1-16(2,3)23-15(22)20-7-4-5-11-9-19-14(18-6-8-21)13(17)12(11)10-20/h9,21H,4-8,10H2,1-3H3,(H,18,19). The highest BCUT2D eigenvalue weighted by molar-refractivity contribution is 5.68. The van der Waals surface area contributed by atoms with Gasteiger partial charge in [0.2, 0.25) is 0 Å². The Hall–Kier alpha value is -1.89. The van der Waals surface area contributed by atoms with E-state index < -0.39 is 17.5 Å². The number of rotatable bonds is 3. The second-order valence-corrected chi connectivity index (χ2v) is 6.58. The maximum atomic E-state index is 14.6. The molecule has 0 spiro atoms. The third-order valence-corrected chi connectivity index (χ3v) is 3.49. The van der Waals surface area contributed by atoms with Crippen molar-refractivity contribution in [2.75, 3.05) is 25.0 Å². The lowest BCUT2D eigenvalue weighted by Gasteiger charge is -2.26. The SMILES string of the molecule is CC(C)(C)OC(=O)N1CCCc2cnc(NCCO)c(F)c2C1. The van der Waals surface area contributed by atoms with E-state index in [0.29, 0.717) is 18.5 Å². The van der Waals surface area contributed by atoms with Gasteiger partial charge in [-0.15, -0.1) is 0 Å². The van der Waals surface area contributed by atoms with Gasteiger partial charge in [-0.3, -0.25) is 0 Å². The fourth-order valence-electron chi connectivity index (χ4n) is 2.46. The van der Waals surface area contributed by atoms with Gasteiger partial charge in [0, 0.05) is 24.8 Å². The molecule has 1 aromatic rings. The summed E-state index contributed by atoms with van der Waals surface area (Å²) in [5, 5.41) is 11.6. The van der Waals surface area contributed by atoms with Crippen molar-refractivity contribution in [3.63, 3.8) is 0 Å². The first-order valence-corrected chi connectivity index (χ1v) is 7.80. The van der Waals surface area contributed by atoms with E-state index >= 15 is 0 Å². The van der Waals surface area contributed by atoms with Gasteiger partial charge in [-0.25, -0.2) is 14.2 Å². The van der Waals surface area contributed by atoms with E-state index in [2.05, 4.69) is 10.3 Å². The number of carbonyl (C=O) groups is 1. The van der Waals surface area contributed by atoms with E-state index in [1.807, 2.05) is 0 Å². The highest BCUT2D eigenvalue weighted by Gasteiger charge is 2.27. The predicted octanol–water partition coefficient (Wildman–Crippen LogP) is 2.31. The first-order valence-electron chi connectivity index (χ1n) is 7.80. The van der Waals surface area contributed by atoms with E-state index in [1.54, 1.807) is 27.0 Å². The number of halogens is 1. The number of ether oxygens (including phenoxy) is 1. The van der Waals surface area contributed by atoms with Gasteiger partial charge in [0.15, 0.2) is 11.6 Å². The number of carbonyl (C=O) groups excluding carboxylic acids is 1. The van der Waals surface area contributed by atoms with Gasteiger partial charge in [0.05, 0.1) is 13.2 Å². The van der Waals surface area contributed by atoms with Crippen molar-refractivity contribution in [3.8, 4) is 0 Å². The van der Waals surface area contributed by atoms with Gasteiger partial charge < -0.3 is 20.1 Å². The van der Waals surface area contributed by atoms with Crippen LogP contribution in [0.15, 0.2) is 6.20 Å². The normalized spacial score (nSPS) is 14.9. The van der Waals surface area contributed by atoms with E-state index in [1.165, 1.54) is 4.90 Å². The van der Waals surface area contributed by atoms with E-state index in [4.69, 9.17) is 9.84 Å². The van der Waals surface area contributed by atoms with E-state index in [9.17, 15) is 9.18 Å². The number of aliphatic hydroxyl groups is 1. The molecule has 0 bridgehead atoms. The highest BCUT2D eigenvalue weighted by Crippen LogP contribution is 2.26. The lowest BCUT2D eigenvalue weighted by Crippen LogP contribution is -2.36.